The lowest BCUT2D eigenvalue weighted by molar-refractivity contribution is -0.120. The van der Waals surface area contributed by atoms with Crippen molar-refractivity contribution in [3.63, 3.8) is 0 Å². The van der Waals surface area contributed by atoms with Crippen LogP contribution < -0.4 is 14.8 Å². The summed E-state index contributed by atoms with van der Waals surface area (Å²) in [6, 6.07) is 4.00. The summed E-state index contributed by atoms with van der Waals surface area (Å²) >= 11 is 0. The van der Waals surface area contributed by atoms with Crippen LogP contribution in [0.4, 0.5) is 0 Å². The summed E-state index contributed by atoms with van der Waals surface area (Å²) in [5, 5.41) is 7.17. The standard InChI is InChI=1S/C21H25N5O3/c1-5-28-18-7-15-6-12(2)29-19(15)8-16(18)10-22-20(27)9-17-13(3)25-21-23-11-24-26(21)14(17)4/h7-8,11-12H,5-6,9-10H2,1-4H3,(H,22,27)/t12-/m0/s1. The maximum atomic E-state index is 12.7. The number of aromatic nitrogens is 4. The van der Waals surface area contributed by atoms with Gasteiger partial charge in [0.25, 0.3) is 5.78 Å². The average molecular weight is 395 g/mol. The van der Waals surface area contributed by atoms with Gasteiger partial charge in [0, 0.05) is 41.0 Å². The van der Waals surface area contributed by atoms with Crippen LogP contribution in [0, 0.1) is 13.8 Å². The van der Waals surface area contributed by atoms with Gasteiger partial charge in [0.2, 0.25) is 5.91 Å². The van der Waals surface area contributed by atoms with Gasteiger partial charge in [0.15, 0.2) is 0 Å². The van der Waals surface area contributed by atoms with Gasteiger partial charge in [0.05, 0.1) is 13.0 Å². The Bertz CT molecular complexity index is 1080. The number of carbonyl (C=O) groups excluding carboxylic acids is 1. The summed E-state index contributed by atoms with van der Waals surface area (Å²) in [4.78, 5) is 21.2. The molecule has 0 aliphatic carbocycles. The van der Waals surface area contributed by atoms with E-state index in [1.54, 1.807) is 4.52 Å². The molecule has 3 aromatic rings. The highest BCUT2D eigenvalue weighted by Gasteiger charge is 2.22. The zero-order chi connectivity index (χ0) is 20.5. The van der Waals surface area contributed by atoms with E-state index in [-0.39, 0.29) is 18.4 Å². The van der Waals surface area contributed by atoms with Crippen molar-refractivity contribution in [1.29, 1.82) is 0 Å². The van der Waals surface area contributed by atoms with Crippen LogP contribution in [0.25, 0.3) is 5.78 Å². The summed E-state index contributed by atoms with van der Waals surface area (Å²) in [6.45, 7) is 8.75. The fourth-order valence-corrected chi connectivity index (χ4v) is 3.74. The van der Waals surface area contributed by atoms with E-state index >= 15 is 0 Å². The first kappa shape index (κ1) is 19.2. The molecule has 0 spiro atoms. The molecule has 3 heterocycles. The van der Waals surface area contributed by atoms with Gasteiger partial charge in [-0.2, -0.15) is 10.1 Å². The topological polar surface area (TPSA) is 90.6 Å². The van der Waals surface area contributed by atoms with Crippen LogP contribution >= 0.6 is 0 Å². The maximum absolute atomic E-state index is 12.7. The minimum atomic E-state index is -0.0882. The molecular formula is C21H25N5O3. The number of hydrogen-bond acceptors (Lipinski definition) is 6. The Morgan fingerprint density at radius 3 is 3.00 bits per heavy atom. The second-order valence-electron chi connectivity index (χ2n) is 7.32. The number of hydrogen-bond donors (Lipinski definition) is 1. The molecule has 1 aromatic carbocycles. The zero-order valence-electron chi connectivity index (χ0n) is 17.2. The first-order chi connectivity index (χ1) is 14.0. The highest BCUT2D eigenvalue weighted by Crippen LogP contribution is 2.35. The van der Waals surface area contributed by atoms with Gasteiger partial charge in [-0.05, 0) is 39.8 Å². The Balaban J connectivity index is 1.50. The van der Waals surface area contributed by atoms with Crippen LogP contribution in [0.2, 0.25) is 0 Å². The fourth-order valence-electron chi connectivity index (χ4n) is 3.74. The molecule has 1 atom stereocenters. The quantitative estimate of drug-likeness (QED) is 0.689. The third-order valence-electron chi connectivity index (χ3n) is 5.18. The van der Waals surface area contributed by atoms with E-state index in [1.165, 1.54) is 6.33 Å². The van der Waals surface area contributed by atoms with Crippen molar-refractivity contribution in [3.8, 4) is 11.5 Å². The van der Waals surface area contributed by atoms with Crippen LogP contribution in [-0.4, -0.2) is 38.2 Å². The summed E-state index contributed by atoms with van der Waals surface area (Å²) in [6.07, 6.45) is 2.72. The van der Waals surface area contributed by atoms with Crippen molar-refractivity contribution in [3.05, 3.63) is 46.5 Å². The second-order valence-corrected chi connectivity index (χ2v) is 7.32. The molecule has 0 bridgehead atoms. The van der Waals surface area contributed by atoms with Crippen LogP contribution in [0.5, 0.6) is 11.5 Å². The van der Waals surface area contributed by atoms with E-state index in [2.05, 4.69) is 20.4 Å². The van der Waals surface area contributed by atoms with Crippen LogP contribution in [0.1, 0.15) is 41.9 Å². The molecule has 1 aliphatic rings. The van der Waals surface area contributed by atoms with Crippen molar-refractivity contribution >= 4 is 11.7 Å². The van der Waals surface area contributed by atoms with E-state index in [0.717, 1.165) is 46.0 Å². The van der Waals surface area contributed by atoms with Gasteiger partial charge >= 0.3 is 0 Å². The van der Waals surface area contributed by atoms with E-state index in [4.69, 9.17) is 9.47 Å². The van der Waals surface area contributed by atoms with Crippen LogP contribution in [-0.2, 0) is 24.2 Å². The molecule has 0 fully saturated rings. The number of fused-ring (bicyclic) bond motifs is 2. The predicted molar refractivity (Wildman–Crippen MR) is 107 cm³/mol. The molecule has 152 valence electrons. The van der Waals surface area contributed by atoms with Crippen molar-refractivity contribution in [2.75, 3.05) is 6.61 Å². The van der Waals surface area contributed by atoms with Gasteiger partial charge in [-0.1, -0.05) is 0 Å². The lowest BCUT2D eigenvalue weighted by Gasteiger charge is -2.14. The van der Waals surface area contributed by atoms with Crippen molar-refractivity contribution in [2.45, 2.75) is 53.2 Å². The highest BCUT2D eigenvalue weighted by atomic mass is 16.5. The second kappa shape index (κ2) is 7.69. The fraction of sp³-hybridized carbons (Fsp3) is 0.429. The number of benzene rings is 1. The number of carbonyl (C=O) groups is 1. The third-order valence-corrected chi connectivity index (χ3v) is 5.18. The van der Waals surface area contributed by atoms with Crippen molar-refractivity contribution < 1.29 is 14.3 Å². The molecule has 8 nitrogen and oxygen atoms in total. The molecule has 0 unspecified atom stereocenters. The van der Waals surface area contributed by atoms with Crippen LogP contribution in [0.3, 0.4) is 0 Å². The Kier molecular flexibility index (Phi) is 5.08. The zero-order valence-corrected chi connectivity index (χ0v) is 17.2. The van der Waals surface area contributed by atoms with Gasteiger partial charge in [-0.25, -0.2) is 9.50 Å². The largest absolute Gasteiger partial charge is 0.494 e. The smallest absolute Gasteiger partial charge is 0.252 e. The number of aryl methyl sites for hydroxylation is 2. The Morgan fingerprint density at radius 1 is 1.38 bits per heavy atom. The Morgan fingerprint density at radius 2 is 2.21 bits per heavy atom. The average Bonchev–Trinajstić information content (AvgIpc) is 3.28. The minimum Gasteiger partial charge on any atom is -0.494 e. The third kappa shape index (κ3) is 3.74. The van der Waals surface area contributed by atoms with Gasteiger partial charge in [0.1, 0.15) is 23.9 Å². The molecule has 1 amide bonds. The first-order valence-corrected chi connectivity index (χ1v) is 9.84. The molecule has 1 N–H and O–H groups in total. The van der Waals surface area contributed by atoms with Gasteiger partial charge < -0.3 is 14.8 Å². The molecule has 0 saturated heterocycles. The molecule has 0 saturated carbocycles. The number of rotatable bonds is 6. The Labute approximate surface area is 169 Å². The number of ether oxygens (including phenoxy) is 2. The summed E-state index contributed by atoms with van der Waals surface area (Å²) in [7, 11) is 0. The predicted octanol–water partition coefficient (Wildman–Crippen LogP) is 2.32. The maximum Gasteiger partial charge on any atom is 0.252 e. The lowest BCUT2D eigenvalue weighted by atomic mass is 10.1. The summed E-state index contributed by atoms with van der Waals surface area (Å²) in [5.74, 6) is 2.12. The van der Waals surface area contributed by atoms with Crippen LogP contribution in [0.15, 0.2) is 18.5 Å². The normalized spacial score (nSPS) is 15.2. The Hall–Kier alpha value is -3.16. The first-order valence-electron chi connectivity index (χ1n) is 9.84. The summed E-state index contributed by atoms with van der Waals surface area (Å²) < 4.78 is 13.3. The molecular weight excluding hydrogens is 370 g/mol. The number of nitrogens with zero attached hydrogens (tertiary/aromatic N) is 4. The summed E-state index contributed by atoms with van der Waals surface area (Å²) in [5.41, 5.74) is 4.57. The van der Waals surface area contributed by atoms with E-state index in [0.29, 0.717) is 18.9 Å². The number of nitrogens with one attached hydrogen (secondary N) is 1. The molecule has 1 aliphatic heterocycles. The minimum absolute atomic E-state index is 0.0882. The van der Waals surface area contributed by atoms with Gasteiger partial charge in [-0.3, -0.25) is 4.79 Å². The van der Waals surface area contributed by atoms with E-state index < -0.39 is 0 Å². The highest BCUT2D eigenvalue weighted by molar-refractivity contribution is 5.79. The molecule has 0 radical (unpaired) electrons. The van der Waals surface area contributed by atoms with E-state index in [1.807, 2.05) is 39.8 Å². The molecule has 8 heteroatoms. The number of amides is 1. The van der Waals surface area contributed by atoms with Gasteiger partial charge in [-0.15, -0.1) is 0 Å². The molecule has 2 aromatic heterocycles. The van der Waals surface area contributed by atoms with Crippen molar-refractivity contribution in [1.82, 2.24) is 24.9 Å². The molecule has 4 rings (SSSR count). The SMILES string of the molecule is CCOc1cc2c(cc1CNC(=O)Cc1c(C)nc3ncnn3c1C)O[C@@H](C)C2. The molecule has 29 heavy (non-hydrogen) atoms. The monoisotopic (exact) mass is 395 g/mol. The lowest BCUT2D eigenvalue weighted by Crippen LogP contribution is -2.26. The van der Waals surface area contributed by atoms with E-state index in [9.17, 15) is 4.79 Å². The van der Waals surface area contributed by atoms with Crippen molar-refractivity contribution in [2.24, 2.45) is 0 Å².